The third-order valence-electron chi connectivity index (χ3n) is 8.80. The SMILES string of the molecule is C[C@]12CC[C@H]3[C@@H](CCC4[C@H](F)CCC[C@@]43C)[C@@H]1CC[C@H]2C#CCl. The van der Waals surface area contributed by atoms with Crippen molar-refractivity contribution in [3.8, 4) is 11.3 Å². The molecule has 0 aliphatic heterocycles. The molecule has 0 nitrogen and oxygen atoms in total. The van der Waals surface area contributed by atoms with E-state index in [9.17, 15) is 4.39 Å². The van der Waals surface area contributed by atoms with E-state index in [1.807, 2.05) is 0 Å². The highest BCUT2D eigenvalue weighted by molar-refractivity contribution is 6.30. The van der Waals surface area contributed by atoms with Gasteiger partial charge < -0.3 is 0 Å². The molecule has 0 aromatic rings. The molecule has 0 spiro atoms. The first kappa shape index (κ1) is 16.3. The van der Waals surface area contributed by atoms with Gasteiger partial charge in [0.1, 0.15) is 6.17 Å². The first-order valence-corrected chi connectivity index (χ1v) is 10.1. The molecule has 8 atom stereocenters. The van der Waals surface area contributed by atoms with E-state index in [0.717, 1.165) is 37.0 Å². The minimum atomic E-state index is -0.540. The molecule has 4 rings (SSSR count). The van der Waals surface area contributed by atoms with Crippen molar-refractivity contribution in [3.05, 3.63) is 0 Å². The molecule has 4 aliphatic rings. The molecule has 0 saturated heterocycles. The molecule has 2 heteroatoms. The fourth-order valence-corrected chi connectivity index (χ4v) is 7.76. The average Bonchev–Trinajstić information content (AvgIpc) is 2.84. The highest BCUT2D eigenvalue weighted by atomic mass is 35.5. The van der Waals surface area contributed by atoms with Gasteiger partial charge in [0.05, 0.1) is 0 Å². The van der Waals surface area contributed by atoms with Crippen LogP contribution >= 0.6 is 11.6 Å². The molecule has 128 valence electrons. The van der Waals surface area contributed by atoms with Crippen LogP contribution in [0.5, 0.6) is 0 Å². The highest BCUT2D eigenvalue weighted by Gasteiger charge is 2.60. The Hall–Kier alpha value is -0.220. The summed E-state index contributed by atoms with van der Waals surface area (Å²) in [6.07, 6.45) is 10.1. The first-order valence-electron chi connectivity index (χ1n) is 9.76. The van der Waals surface area contributed by atoms with Crippen molar-refractivity contribution in [2.24, 2.45) is 40.4 Å². The highest BCUT2D eigenvalue weighted by Crippen LogP contribution is 2.67. The number of hydrogen-bond acceptors (Lipinski definition) is 0. The van der Waals surface area contributed by atoms with E-state index in [0.29, 0.717) is 17.3 Å². The second kappa shape index (κ2) is 5.66. The summed E-state index contributed by atoms with van der Waals surface area (Å²) in [5.41, 5.74) is 0.619. The van der Waals surface area contributed by atoms with Gasteiger partial charge in [0.2, 0.25) is 0 Å². The van der Waals surface area contributed by atoms with E-state index in [-0.39, 0.29) is 5.41 Å². The lowest BCUT2D eigenvalue weighted by Gasteiger charge is -2.60. The van der Waals surface area contributed by atoms with Crippen LogP contribution < -0.4 is 0 Å². The Labute approximate surface area is 145 Å². The number of hydrogen-bond donors (Lipinski definition) is 0. The van der Waals surface area contributed by atoms with Crippen LogP contribution in [0.3, 0.4) is 0 Å². The molecule has 4 aliphatic carbocycles. The van der Waals surface area contributed by atoms with E-state index >= 15 is 0 Å². The van der Waals surface area contributed by atoms with Crippen molar-refractivity contribution in [2.45, 2.75) is 77.8 Å². The van der Waals surface area contributed by atoms with Crippen LogP contribution in [0, 0.1) is 51.7 Å². The Balaban J connectivity index is 1.63. The van der Waals surface area contributed by atoms with Gasteiger partial charge in [-0.2, -0.15) is 0 Å². The minimum absolute atomic E-state index is 0.262. The molecule has 0 bridgehead atoms. The van der Waals surface area contributed by atoms with Crippen LogP contribution in [0.15, 0.2) is 0 Å². The van der Waals surface area contributed by atoms with Gasteiger partial charge in [0.15, 0.2) is 0 Å². The summed E-state index contributed by atoms with van der Waals surface area (Å²) in [6, 6.07) is 0. The van der Waals surface area contributed by atoms with Crippen molar-refractivity contribution in [2.75, 3.05) is 0 Å². The lowest BCUT2D eigenvalue weighted by atomic mass is 9.44. The lowest BCUT2D eigenvalue weighted by molar-refractivity contribution is -0.127. The largest absolute Gasteiger partial charge is 0.247 e. The number of alkyl halides is 1. The molecule has 0 heterocycles. The molecule has 4 saturated carbocycles. The van der Waals surface area contributed by atoms with E-state index < -0.39 is 6.17 Å². The Morgan fingerprint density at radius 3 is 2.39 bits per heavy atom. The van der Waals surface area contributed by atoms with Gasteiger partial charge in [0, 0.05) is 11.3 Å². The topological polar surface area (TPSA) is 0 Å². The number of fused-ring (bicyclic) bond motifs is 5. The monoisotopic (exact) mass is 336 g/mol. The number of rotatable bonds is 0. The maximum absolute atomic E-state index is 14.6. The van der Waals surface area contributed by atoms with Crippen molar-refractivity contribution in [1.82, 2.24) is 0 Å². The quantitative estimate of drug-likeness (QED) is 0.463. The second-order valence-corrected chi connectivity index (χ2v) is 9.58. The predicted molar refractivity (Wildman–Crippen MR) is 93.7 cm³/mol. The summed E-state index contributed by atoms with van der Waals surface area (Å²) >= 11 is 5.74. The lowest BCUT2D eigenvalue weighted by Crippen LogP contribution is -2.54. The molecule has 1 unspecified atom stereocenters. The number of halogens is 2. The predicted octanol–water partition coefficient (Wildman–Crippen LogP) is 6.18. The standard InChI is InChI=1S/C21H30ClF/c1-20-12-9-17-15(16(20)7-5-14(20)10-13-22)6-8-18-19(23)4-3-11-21(17,18)2/h14-19H,3-9,11-12H2,1-2H3/t14-,15-,16-,17-,18?,19+,20+,21+/m0/s1. The van der Waals surface area contributed by atoms with Crippen LogP contribution in [-0.4, -0.2) is 6.17 Å². The summed E-state index contributed by atoms with van der Waals surface area (Å²) in [5.74, 6) is 6.48. The fourth-order valence-electron chi connectivity index (χ4n) is 7.63. The van der Waals surface area contributed by atoms with E-state index in [4.69, 9.17) is 11.6 Å². The summed E-state index contributed by atoms with van der Waals surface area (Å²) < 4.78 is 14.6. The van der Waals surface area contributed by atoms with Gasteiger partial charge in [-0.05, 0) is 104 Å². The van der Waals surface area contributed by atoms with Gasteiger partial charge in [-0.15, -0.1) is 0 Å². The summed E-state index contributed by atoms with van der Waals surface area (Å²) in [6.45, 7) is 4.91. The van der Waals surface area contributed by atoms with Crippen LogP contribution in [0.4, 0.5) is 4.39 Å². The van der Waals surface area contributed by atoms with Gasteiger partial charge in [-0.1, -0.05) is 19.8 Å². The van der Waals surface area contributed by atoms with E-state index in [2.05, 4.69) is 25.1 Å². The Kier molecular flexibility index (Phi) is 4.00. The van der Waals surface area contributed by atoms with Gasteiger partial charge >= 0.3 is 0 Å². The Morgan fingerprint density at radius 1 is 0.870 bits per heavy atom. The summed E-state index contributed by atoms with van der Waals surface area (Å²) in [7, 11) is 0. The maximum atomic E-state index is 14.6. The molecule has 0 radical (unpaired) electrons. The summed E-state index contributed by atoms with van der Waals surface area (Å²) in [5, 5.41) is 2.67. The van der Waals surface area contributed by atoms with Gasteiger partial charge in [-0.3, -0.25) is 0 Å². The van der Waals surface area contributed by atoms with Crippen molar-refractivity contribution in [1.29, 1.82) is 0 Å². The Bertz CT molecular complexity index is 534. The van der Waals surface area contributed by atoms with E-state index in [1.165, 1.54) is 38.5 Å². The molecular weight excluding hydrogens is 307 g/mol. The smallest absolute Gasteiger partial charge is 0.103 e. The molecule has 0 aromatic heterocycles. The van der Waals surface area contributed by atoms with Crippen LogP contribution in [0.2, 0.25) is 0 Å². The second-order valence-electron chi connectivity index (χ2n) is 9.39. The van der Waals surface area contributed by atoms with Gasteiger partial charge in [-0.25, -0.2) is 4.39 Å². The zero-order valence-electron chi connectivity index (χ0n) is 14.6. The molecular formula is C21H30ClF. The molecule has 0 aromatic carbocycles. The van der Waals surface area contributed by atoms with Crippen LogP contribution in [0.1, 0.15) is 71.6 Å². The van der Waals surface area contributed by atoms with E-state index in [1.54, 1.807) is 0 Å². The third-order valence-corrected chi connectivity index (χ3v) is 8.91. The van der Waals surface area contributed by atoms with Crippen molar-refractivity contribution < 1.29 is 4.39 Å². The van der Waals surface area contributed by atoms with Crippen LogP contribution in [-0.2, 0) is 0 Å². The van der Waals surface area contributed by atoms with Crippen molar-refractivity contribution >= 4 is 11.6 Å². The van der Waals surface area contributed by atoms with Crippen molar-refractivity contribution in [3.63, 3.8) is 0 Å². The minimum Gasteiger partial charge on any atom is -0.247 e. The third kappa shape index (κ3) is 2.23. The molecule has 23 heavy (non-hydrogen) atoms. The molecule has 4 fully saturated rings. The summed E-state index contributed by atoms with van der Waals surface area (Å²) in [4.78, 5) is 0. The molecule has 0 amide bonds. The van der Waals surface area contributed by atoms with Gasteiger partial charge in [0.25, 0.3) is 0 Å². The first-order chi connectivity index (χ1) is 11.0. The zero-order chi connectivity index (χ0) is 16.2. The average molecular weight is 337 g/mol. The zero-order valence-corrected chi connectivity index (χ0v) is 15.3. The molecule has 0 N–H and O–H groups in total. The Morgan fingerprint density at radius 2 is 1.61 bits per heavy atom. The maximum Gasteiger partial charge on any atom is 0.103 e. The van der Waals surface area contributed by atoms with Crippen LogP contribution in [0.25, 0.3) is 0 Å². The normalized spacial score (nSPS) is 55.1. The fraction of sp³-hybridized carbons (Fsp3) is 0.905.